The fourth-order valence-corrected chi connectivity index (χ4v) is 3.70. The molecule has 0 N–H and O–H groups in total. The predicted octanol–water partition coefficient (Wildman–Crippen LogP) is 5.41. The SMILES string of the molecule is CCCCN1C(=O)S/C(=C\c2ccccc2OCc2cccc(C)c2)C1=O. The number of amides is 2. The van der Waals surface area contributed by atoms with Crippen LogP contribution in [0.5, 0.6) is 5.75 Å². The monoisotopic (exact) mass is 381 g/mol. The Morgan fingerprint density at radius 1 is 1.11 bits per heavy atom. The number of aryl methyl sites for hydroxylation is 1. The molecule has 2 aromatic rings. The fraction of sp³-hybridized carbons (Fsp3) is 0.273. The molecule has 3 rings (SSSR count). The van der Waals surface area contributed by atoms with Gasteiger partial charge in [-0.25, -0.2) is 0 Å². The summed E-state index contributed by atoms with van der Waals surface area (Å²) in [4.78, 5) is 26.4. The van der Waals surface area contributed by atoms with E-state index in [1.807, 2.05) is 56.3 Å². The number of para-hydroxylation sites is 1. The molecule has 0 radical (unpaired) electrons. The van der Waals surface area contributed by atoms with Crippen molar-refractivity contribution in [3.63, 3.8) is 0 Å². The minimum absolute atomic E-state index is 0.196. The molecular formula is C22H23NO3S. The summed E-state index contributed by atoms with van der Waals surface area (Å²) in [5, 5.41) is -0.196. The zero-order chi connectivity index (χ0) is 19.2. The van der Waals surface area contributed by atoms with Crippen LogP contribution in [0.15, 0.2) is 53.4 Å². The van der Waals surface area contributed by atoms with Crippen LogP contribution in [-0.2, 0) is 11.4 Å². The van der Waals surface area contributed by atoms with Gasteiger partial charge in [-0.15, -0.1) is 0 Å². The lowest BCUT2D eigenvalue weighted by Gasteiger charge is -2.11. The zero-order valence-electron chi connectivity index (χ0n) is 15.6. The highest BCUT2D eigenvalue weighted by molar-refractivity contribution is 8.18. The highest BCUT2D eigenvalue weighted by atomic mass is 32.2. The molecule has 4 nitrogen and oxygen atoms in total. The number of ether oxygens (including phenoxy) is 1. The van der Waals surface area contributed by atoms with Crippen LogP contribution in [0.2, 0.25) is 0 Å². The normalized spacial score (nSPS) is 15.6. The maximum Gasteiger partial charge on any atom is 0.293 e. The van der Waals surface area contributed by atoms with Crippen molar-refractivity contribution in [3.8, 4) is 5.75 Å². The highest BCUT2D eigenvalue weighted by Crippen LogP contribution is 2.34. The van der Waals surface area contributed by atoms with Crippen LogP contribution in [0.4, 0.5) is 4.79 Å². The second-order valence-corrected chi connectivity index (χ2v) is 7.50. The van der Waals surface area contributed by atoms with Crippen LogP contribution in [0, 0.1) is 6.92 Å². The van der Waals surface area contributed by atoms with Crippen molar-refractivity contribution in [1.29, 1.82) is 0 Å². The summed E-state index contributed by atoms with van der Waals surface area (Å²) >= 11 is 0.995. The summed E-state index contributed by atoms with van der Waals surface area (Å²) in [7, 11) is 0. The third-order valence-corrected chi connectivity index (χ3v) is 5.20. The van der Waals surface area contributed by atoms with Gasteiger partial charge in [0.2, 0.25) is 0 Å². The van der Waals surface area contributed by atoms with E-state index < -0.39 is 0 Å². The van der Waals surface area contributed by atoms with Crippen LogP contribution in [0.25, 0.3) is 6.08 Å². The first-order chi connectivity index (χ1) is 13.1. The van der Waals surface area contributed by atoms with Crippen molar-refractivity contribution in [2.24, 2.45) is 0 Å². The number of imide groups is 1. The molecule has 2 amide bonds. The summed E-state index contributed by atoms with van der Waals surface area (Å²) in [6, 6.07) is 15.7. The van der Waals surface area contributed by atoms with Crippen molar-refractivity contribution in [2.45, 2.75) is 33.3 Å². The minimum Gasteiger partial charge on any atom is -0.488 e. The minimum atomic E-state index is -0.216. The lowest BCUT2D eigenvalue weighted by atomic mass is 10.1. The van der Waals surface area contributed by atoms with E-state index in [1.165, 1.54) is 10.5 Å². The molecule has 140 valence electrons. The van der Waals surface area contributed by atoms with E-state index in [2.05, 4.69) is 6.07 Å². The Bertz CT molecular complexity index is 875. The molecule has 0 atom stereocenters. The zero-order valence-corrected chi connectivity index (χ0v) is 16.4. The molecule has 1 saturated heterocycles. The molecular weight excluding hydrogens is 358 g/mol. The average molecular weight is 381 g/mol. The third kappa shape index (κ3) is 4.80. The number of carbonyl (C=O) groups is 2. The van der Waals surface area contributed by atoms with Crippen LogP contribution in [0.1, 0.15) is 36.5 Å². The molecule has 1 aliphatic heterocycles. The number of unbranched alkanes of at least 4 members (excludes halogenated alkanes) is 1. The summed E-state index contributed by atoms with van der Waals surface area (Å²) in [5.74, 6) is 0.478. The van der Waals surface area contributed by atoms with Crippen LogP contribution in [-0.4, -0.2) is 22.6 Å². The Kier molecular flexibility index (Phi) is 6.35. The van der Waals surface area contributed by atoms with Gasteiger partial charge in [0.25, 0.3) is 11.1 Å². The number of hydrogen-bond donors (Lipinski definition) is 0. The smallest absolute Gasteiger partial charge is 0.293 e. The van der Waals surface area contributed by atoms with Gasteiger partial charge in [-0.05, 0) is 42.8 Å². The molecule has 0 bridgehead atoms. The van der Waals surface area contributed by atoms with Crippen molar-refractivity contribution in [2.75, 3.05) is 6.54 Å². The topological polar surface area (TPSA) is 46.6 Å². The highest BCUT2D eigenvalue weighted by Gasteiger charge is 2.34. The molecule has 1 aliphatic rings. The second kappa shape index (κ2) is 8.91. The molecule has 0 aromatic heterocycles. The van der Waals surface area contributed by atoms with Crippen LogP contribution in [0.3, 0.4) is 0 Å². The quantitative estimate of drug-likeness (QED) is 0.602. The lowest BCUT2D eigenvalue weighted by molar-refractivity contribution is -0.122. The van der Waals surface area contributed by atoms with Crippen molar-refractivity contribution in [1.82, 2.24) is 4.90 Å². The maximum atomic E-state index is 12.5. The van der Waals surface area contributed by atoms with Gasteiger partial charge in [0.1, 0.15) is 12.4 Å². The molecule has 0 aliphatic carbocycles. The summed E-state index contributed by atoms with van der Waals surface area (Å²) in [6.07, 6.45) is 3.51. The molecule has 1 fully saturated rings. The molecule has 1 heterocycles. The molecule has 2 aromatic carbocycles. The Balaban J connectivity index is 1.77. The first-order valence-electron chi connectivity index (χ1n) is 9.11. The van der Waals surface area contributed by atoms with E-state index in [9.17, 15) is 9.59 Å². The van der Waals surface area contributed by atoms with Crippen molar-refractivity contribution in [3.05, 3.63) is 70.1 Å². The van der Waals surface area contributed by atoms with E-state index in [4.69, 9.17) is 4.74 Å². The molecule has 5 heteroatoms. The van der Waals surface area contributed by atoms with E-state index in [-0.39, 0.29) is 11.1 Å². The molecule has 0 spiro atoms. The fourth-order valence-electron chi connectivity index (χ4n) is 2.84. The number of nitrogens with zero attached hydrogens (tertiary/aromatic N) is 1. The average Bonchev–Trinajstić information content (AvgIpc) is 2.92. The Hall–Kier alpha value is -2.53. The van der Waals surface area contributed by atoms with Gasteiger partial charge in [0.05, 0.1) is 4.91 Å². The Labute approximate surface area is 164 Å². The van der Waals surface area contributed by atoms with E-state index in [0.29, 0.717) is 23.8 Å². The number of thioether (sulfide) groups is 1. The largest absolute Gasteiger partial charge is 0.488 e. The first kappa shape index (κ1) is 19.2. The summed E-state index contributed by atoms with van der Waals surface area (Å²) in [6.45, 7) is 5.01. The van der Waals surface area contributed by atoms with Gasteiger partial charge in [0.15, 0.2) is 0 Å². The second-order valence-electron chi connectivity index (χ2n) is 6.50. The lowest BCUT2D eigenvalue weighted by Crippen LogP contribution is -2.29. The van der Waals surface area contributed by atoms with Gasteiger partial charge in [0, 0.05) is 12.1 Å². The van der Waals surface area contributed by atoms with Crippen LogP contribution >= 0.6 is 11.8 Å². The van der Waals surface area contributed by atoms with Crippen molar-refractivity contribution < 1.29 is 14.3 Å². The van der Waals surface area contributed by atoms with Gasteiger partial charge < -0.3 is 4.74 Å². The van der Waals surface area contributed by atoms with Gasteiger partial charge in [-0.3, -0.25) is 14.5 Å². The predicted molar refractivity (Wildman–Crippen MR) is 110 cm³/mol. The van der Waals surface area contributed by atoms with E-state index in [0.717, 1.165) is 35.7 Å². The number of carbonyl (C=O) groups excluding carboxylic acids is 2. The third-order valence-electron chi connectivity index (χ3n) is 4.29. The number of benzene rings is 2. The Morgan fingerprint density at radius 3 is 2.70 bits per heavy atom. The van der Waals surface area contributed by atoms with Crippen molar-refractivity contribution >= 4 is 29.0 Å². The van der Waals surface area contributed by atoms with Gasteiger partial charge in [-0.1, -0.05) is 61.4 Å². The molecule has 0 unspecified atom stereocenters. The van der Waals surface area contributed by atoms with E-state index in [1.54, 1.807) is 6.08 Å². The van der Waals surface area contributed by atoms with E-state index >= 15 is 0 Å². The first-order valence-corrected chi connectivity index (χ1v) is 9.93. The standard InChI is InChI=1S/C22H23NO3S/c1-3-4-12-23-21(24)20(27-22(23)25)14-18-10-5-6-11-19(18)26-15-17-9-7-8-16(2)13-17/h5-11,13-14H,3-4,12,15H2,1-2H3/b20-14-. The van der Waals surface area contributed by atoms with Gasteiger partial charge >= 0.3 is 0 Å². The maximum absolute atomic E-state index is 12.5. The van der Waals surface area contributed by atoms with Gasteiger partial charge in [-0.2, -0.15) is 0 Å². The summed E-state index contributed by atoms with van der Waals surface area (Å²) in [5.41, 5.74) is 3.07. The summed E-state index contributed by atoms with van der Waals surface area (Å²) < 4.78 is 5.98. The number of hydrogen-bond acceptors (Lipinski definition) is 4. The van der Waals surface area contributed by atoms with Crippen LogP contribution < -0.4 is 4.74 Å². The molecule has 0 saturated carbocycles. The number of rotatable bonds is 7. The Morgan fingerprint density at radius 2 is 1.93 bits per heavy atom. The molecule has 27 heavy (non-hydrogen) atoms.